The monoisotopic (exact) mass is 197 g/mol. The smallest absolute Gasteiger partial charge is 0.150 e. The van der Waals surface area contributed by atoms with Gasteiger partial charge < -0.3 is 10.6 Å². The molecule has 0 unspecified atom stereocenters. The van der Waals surface area contributed by atoms with Gasteiger partial charge >= 0.3 is 0 Å². The van der Waals surface area contributed by atoms with Gasteiger partial charge in [-0.3, -0.25) is 0 Å². The third-order valence-corrected chi connectivity index (χ3v) is 2.53. The molecule has 2 N–H and O–H groups in total. The zero-order chi connectivity index (χ0) is 10.1. The fraction of sp³-hybridized carbons (Fsp3) is 0.0833. The number of nitrogens with one attached hydrogen (secondary N) is 2. The molecule has 1 aromatic heterocycles. The molecule has 1 aliphatic heterocycles. The van der Waals surface area contributed by atoms with Crippen molar-refractivity contribution in [3.63, 3.8) is 0 Å². The van der Waals surface area contributed by atoms with Crippen molar-refractivity contribution in [1.29, 1.82) is 0 Å². The maximum atomic E-state index is 4.36. The fourth-order valence-corrected chi connectivity index (χ4v) is 1.75. The Hall–Kier alpha value is -2.03. The first kappa shape index (κ1) is 8.29. The van der Waals surface area contributed by atoms with Crippen LogP contribution in [-0.4, -0.2) is 11.7 Å². The van der Waals surface area contributed by atoms with Gasteiger partial charge in [-0.1, -0.05) is 30.3 Å². The molecule has 1 aliphatic rings. The molecule has 0 fully saturated rings. The van der Waals surface area contributed by atoms with E-state index in [1.807, 2.05) is 24.4 Å². The van der Waals surface area contributed by atoms with E-state index in [2.05, 4.69) is 33.8 Å². The average molecular weight is 197 g/mol. The van der Waals surface area contributed by atoms with Crippen molar-refractivity contribution in [3.05, 3.63) is 42.6 Å². The van der Waals surface area contributed by atoms with Gasteiger partial charge in [-0.2, -0.15) is 0 Å². The van der Waals surface area contributed by atoms with Gasteiger partial charge in [-0.05, 0) is 11.6 Å². The van der Waals surface area contributed by atoms with Crippen LogP contribution in [0.15, 0.2) is 42.6 Å². The van der Waals surface area contributed by atoms with Gasteiger partial charge in [0.05, 0.1) is 12.4 Å². The summed E-state index contributed by atoms with van der Waals surface area (Å²) >= 11 is 0. The standard InChI is InChI=1S/C12H11N3/c1-2-4-9(5-3-1)10-6-11-12(13-7-10)15-8-14-11/h1-7,14H,8H2,(H,13,15). The summed E-state index contributed by atoms with van der Waals surface area (Å²) in [4.78, 5) is 4.36. The maximum absolute atomic E-state index is 4.36. The first-order valence-corrected chi connectivity index (χ1v) is 4.97. The van der Waals surface area contributed by atoms with Crippen molar-refractivity contribution >= 4 is 11.5 Å². The molecule has 3 nitrogen and oxygen atoms in total. The fourth-order valence-electron chi connectivity index (χ4n) is 1.75. The van der Waals surface area contributed by atoms with Crippen molar-refractivity contribution in [2.45, 2.75) is 0 Å². The van der Waals surface area contributed by atoms with Gasteiger partial charge in [0, 0.05) is 11.8 Å². The van der Waals surface area contributed by atoms with Crippen LogP contribution in [0.4, 0.5) is 11.5 Å². The Labute approximate surface area is 88.2 Å². The van der Waals surface area contributed by atoms with Crippen LogP contribution in [0.5, 0.6) is 0 Å². The number of fused-ring (bicyclic) bond motifs is 1. The molecule has 0 aliphatic carbocycles. The second-order valence-corrected chi connectivity index (χ2v) is 3.52. The molecule has 3 heteroatoms. The lowest BCUT2D eigenvalue weighted by molar-refractivity contribution is 1.27. The van der Waals surface area contributed by atoms with E-state index in [9.17, 15) is 0 Å². The van der Waals surface area contributed by atoms with Crippen LogP contribution in [0.25, 0.3) is 11.1 Å². The van der Waals surface area contributed by atoms with Gasteiger partial charge in [0.15, 0.2) is 5.82 Å². The highest BCUT2D eigenvalue weighted by molar-refractivity contribution is 5.76. The van der Waals surface area contributed by atoms with Crippen molar-refractivity contribution in [2.24, 2.45) is 0 Å². The van der Waals surface area contributed by atoms with Crippen LogP contribution < -0.4 is 10.6 Å². The van der Waals surface area contributed by atoms with E-state index in [0.717, 1.165) is 23.7 Å². The first-order chi connectivity index (χ1) is 7.43. The van der Waals surface area contributed by atoms with E-state index in [-0.39, 0.29) is 0 Å². The Bertz CT molecular complexity index is 479. The van der Waals surface area contributed by atoms with Crippen molar-refractivity contribution in [3.8, 4) is 11.1 Å². The van der Waals surface area contributed by atoms with E-state index < -0.39 is 0 Å². The number of nitrogens with zero attached hydrogens (tertiary/aromatic N) is 1. The summed E-state index contributed by atoms with van der Waals surface area (Å²) in [6.07, 6.45) is 1.90. The highest BCUT2D eigenvalue weighted by atomic mass is 15.2. The minimum Gasteiger partial charge on any atom is -0.365 e. The zero-order valence-corrected chi connectivity index (χ0v) is 8.20. The van der Waals surface area contributed by atoms with Crippen LogP contribution >= 0.6 is 0 Å². The van der Waals surface area contributed by atoms with Crippen LogP contribution in [0.2, 0.25) is 0 Å². The molecule has 0 spiro atoms. The summed E-state index contributed by atoms with van der Waals surface area (Å²) in [5.41, 5.74) is 3.42. The Morgan fingerprint density at radius 1 is 1.00 bits per heavy atom. The molecule has 0 saturated carbocycles. The summed E-state index contributed by atoms with van der Waals surface area (Å²) in [6, 6.07) is 12.4. The Morgan fingerprint density at radius 2 is 1.87 bits per heavy atom. The molecular formula is C12H11N3. The van der Waals surface area contributed by atoms with Crippen LogP contribution in [0, 0.1) is 0 Å². The highest BCUT2D eigenvalue weighted by Crippen LogP contribution is 2.28. The summed E-state index contributed by atoms with van der Waals surface area (Å²) in [6.45, 7) is 0.764. The van der Waals surface area contributed by atoms with Gasteiger partial charge in [-0.25, -0.2) is 4.98 Å². The van der Waals surface area contributed by atoms with Gasteiger partial charge in [0.25, 0.3) is 0 Å². The minimum absolute atomic E-state index is 0.764. The van der Waals surface area contributed by atoms with Crippen LogP contribution in [0.1, 0.15) is 0 Å². The number of hydrogen-bond acceptors (Lipinski definition) is 3. The molecule has 2 heterocycles. The van der Waals surface area contributed by atoms with Crippen LogP contribution in [0.3, 0.4) is 0 Å². The molecular weight excluding hydrogens is 186 g/mol. The summed E-state index contributed by atoms with van der Waals surface area (Å²) in [5.74, 6) is 0.940. The lowest BCUT2D eigenvalue weighted by Crippen LogP contribution is -1.99. The molecule has 15 heavy (non-hydrogen) atoms. The lowest BCUT2D eigenvalue weighted by Gasteiger charge is -2.03. The normalized spacial score (nSPS) is 12.8. The predicted molar refractivity (Wildman–Crippen MR) is 61.8 cm³/mol. The molecule has 0 bridgehead atoms. The molecule has 3 rings (SSSR count). The molecule has 0 atom stereocenters. The second-order valence-electron chi connectivity index (χ2n) is 3.52. The average Bonchev–Trinajstić information content (AvgIpc) is 2.77. The second kappa shape index (κ2) is 3.28. The minimum atomic E-state index is 0.764. The number of hydrogen-bond donors (Lipinski definition) is 2. The van der Waals surface area contributed by atoms with E-state index >= 15 is 0 Å². The number of rotatable bonds is 1. The van der Waals surface area contributed by atoms with Gasteiger partial charge in [0.1, 0.15) is 0 Å². The van der Waals surface area contributed by atoms with Crippen molar-refractivity contribution < 1.29 is 0 Å². The van der Waals surface area contributed by atoms with E-state index in [0.29, 0.717) is 0 Å². The van der Waals surface area contributed by atoms with Gasteiger partial charge in [0.2, 0.25) is 0 Å². The largest absolute Gasteiger partial charge is 0.365 e. The predicted octanol–water partition coefficient (Wildman–Crippen LogP) is 2.54. The molecule has 0 radical (unpaired) electrons. The van der Waals surface area contributed by atoms with E-state index in [1.165, 1.54) is 5.56 Å². The SMILES string of the molecule is c1ccc(-c2cnc3c(c2)NCN3)cc1. The zero-order valence-electron chi connectivity index (χ0n) is 8.20. The van der Waals surface area contributed by atoms with Crippen LogP contribution in [-0.2, 0) is 0 Å². The number of anilines is 2. The maximum Gasteiger partial charge on any atom is 0.150 e. The van der Waals surface area contributed by atoms with E-state index in [1.54, 1.807) is 0 Å². The number of pyridine rings is 1. The molecule has 1 aromatic carbocycles. The van der Waals surface area contributed by atoms with E-state index in [4.69, 9.17) is 0 Å². The quantitative estimate of drug-likeness (QED) is 0.737. The number of benzene rings is 1. The third-order valence-electron chi connectivity index (χ3n) is 2.53. The molecule has 0 saturated heterocycles. The molecule has 0 amide bonds. The summed E-state index contributed by atoms with van der Waals surface area (Å²) in [7, 11) is 0. The molecule has 2 aromatic rings. The Balaban J connectivity index is 2.07. The first-order valence-electron chi connectivity index (χ1n) is 4.97. The Kier molecular flexibility index (Phi) is 1.81. The topological polar surface area (TPSA) is 37.0 Å². The highest BCUT2D eigenvalue weighted by Gasteiger charge is 2.10. The number of aromatic nitrogens is 1. The van der Waals surface area contributed by atoms with Gasteiger partial charge in [-0.15, -0.1) is 0 Å². The Morgan fingerprint density at radius 3 is 2.73 bits per heavy atom. The van der Waals surface area contributed by atoms with Crippen molar-refractivity contribution in [2.75, 3.05) is 17.3 Å². The molecule has 74 valence electrons. The lowest BCUT2D eigenvalue weighted by atomic mass is 10.1. The van der Waals surface area contributed by atoms with Crippen molar-refractivity contribution in [1.82, 2.24) is 4.98 Å². The summed E-state index contributed by atoms with van der Waals surface area (Å²) < 4.78 is 0. The third kappa shape index (κ3) is 1.42. The summed E-state index contributed by atoms with van der Waals surface area (Å²) in [5, 5.41) is 6.39.